The van der Waals surface area contributed by atoms with Crippen LogP contribution in [-0.4, -0.2) is 13.1 Å². The Morgan fingerprint density at radius 1 is 1.31 bits per heavy atom. The van der Waals surface area contributed by atoms with Crippen molar-refractivity contribution in [3.05, 3.63) is 0 Å². The number of hydrogen-bond acceptors (Lipinski definition) is 1. The SMILES string of the molecule is CCC1CCCC(C(CC)NC)C1. The van der Waals surface area contributed by atoms with Gasteiger partial charge in [-0.05, 0) is 38.1 Å². The van der Waals surface area contributed by atoms with Crippen molar-refractivity contribution in [2.24, 2.45) is 11.8 Å². The van der Waals surface area contributed by atoms with Crippen LogP contribution in [0.25, 0.3) is 0 Å². The fourth-order valence-electron chi connectivity index (χ4n) is 2.84. The second kappa shape index (κ2) is 5.64. The van der Waals surface area contributed by atoms with Gasteiger partial charge in [0.25, 0.3) is 0 Å². The molecule has 0 saturated heterocycles. The van der Waals surface area contributed by atoms with Crippen molar-refractivity contribution in [1.29, 1.82) is 0 Å². The third kappa shape index (κ3) is 2.98. The van der Waals surface area contributed by atoms with E-state index >= 15 is 0 Å². The molecule has 0 aromatic heterocycles. The van der Waals surface area contributed by atoms with Gasteiger partial charge in [0.2, 0.25) is 0 Å². The van der Waals surface area contributed by atoms with E-state index in [-0.39, 0.29) is 0 Å². The lowest BCUT2D eigenvalue weighted by molar-refractivity contribution is 0.210. The Labute approximate surface area is 83.3 Å². The summed E-state index contributed by atoms with van der Waals surface area (Å²) in [7, 11) is 2.11. The molecular formula is C12H25N. The first-order chi connectivity index (χ1) is 6.31. The summed E-state index contributed by atoms with van der Waals surface area (Å²) in [6, 6.07) is 0.773. The Morgan fingerprint density at radius 2 is 2.08 bits per heavy atom. The fourth-order valence-corrected chi connectivity index (χ4v) is 2.84. The molecular weight excluding hydrogens is 158 g/mol. The van der Waals surface area contributed by atoms with Gasteiger partial charge < -0.3 is 5.32 Å². The molecule has 1 fully saturated rings. The van der Waals surface area contributed by atoms with E-state index in [1.54, 1.807) is 0 Å². The minimum absolute atomic E-state index is 0.773. The third-order valence-corrected chi connectivity index (χ3v) is 3.78. The lowest BCUT2D eigenvalue weighted by atomic mass is 9.76. The summed E-state index contributed by atoms with van der Waals surface area (Å²) in [5, 5.41) is 3.47. The standard InChI is InChI=1S/C12H25N/c1-4-10-7-6-8-11(9-10)12(5-2)13-3/h10-13H,4-9H2,1-3H3. The molecule has 1 heteroatoms. The molecule has 0 spiro atoms. The Bertz CT molecular complexity index is 129. The van der Waals surface area contributed by atoms with Crippen LogP contribution in [0.15, 0.2) is 0 Å². The van der Waals surface area contributed by atoms with Crippen LogP contribution in [0.5, 0.6) is 0 Å². The first kappa shape index (κ1) is 11.0. The predicted molar refractivity (Wildman–Crippen MR) is 58.9 cm³/mol. The summed E-state index contributed by atoms with van der Waals surface area (Å²) < 4.78 is 0. The Hall–Kier alpha value is -0.0400. The maximum Gasteiger partial charge on any atom is 0.00898 e. The molecule has 1 saturated carbocycles. The monoisotopic (exact) mass is 183 g/mol. The van der Waals surface area contributed by atoms with E-state index in [1.165, 1.54) is 38.5 Å². The average molecular weight is 183 g/mol. The van der Waals surface area contributed by atoms with E-state index in [0.717, 1.165) is 17.9 Å². The molecule has 78 valence electrons. The molecule has 1 aliphatic rings. The molecule has 1 N–H and O–H groups in total. The Morgan fingerprint density at radius 3 is 2.62 bits per heavy atom. The molecule has 1 nitrogen and oxygen atoms in total. The van der Waals surface area contributed by atoms with E-state index in [1.807, 2.05) is 0 Å². The van der Waals surface area contributed by atoms with E-state index in [4.69, 9.17) is 0 Å². The largest absolute Gasteiger partial charge is 0.317 e. The summed E-state index contributed by atoms with van der Waals surface area (Å²) >= 11 is 0. The molecule has 13 heavy (non-hydrogen) atoms. The van der Waals surface area contributed by atoms with Crippen molar-refractivity contribution in [2.75, 3.05) is 7.05 Å². The van der Waals surface area contributed by atoms with Gasteiger partial charge in [-0.2, -0.15) is 0 Å². The number of nitrogens with one attached hydrogen (secondary N) is 1. The summed E-state index contributed by atoms with van der Waals surface area (Å²) in [5.74, 6) is 1.97. The van der Waals surface area contributed by atoms with E-state index in [2.05, 4.69) is 26.2 Å². The molecule has 1 rings (SSSR count). The highest BCUT2D eigenvalue weighted by Crippen LogP contribution is 2.33. The minimum Gasteiger partial charge on any atom is -0.317 e. The second-order valence-corrected chi connectivity index (χ2v) is 4.50. The van der Waals surface area contributed by atoms with Gasteiger partial charge in [-0.3, -0.25) is 0 Å². The van der Waals surface area contributed by atoms with Crippen molar-refractivity contribution < 1.29 is 0 Å². The Kier molecular flexibility index (Phi) is 4.79. The average Bonchev–Trinajstić information content (AvgIpc) is 2.20. The van der Waals surface area contributed by atoms with Gasteiger partial charge in [0.1, 0.15) is 0 Å². The molecule has 0 bridgehead atoms. The highest BCUT2D eigenvalue weighted by Gasteiger charge is 2.25. The fraction of sp³-hybridized carbons (Fsp3) is 1.00. The van der Waals surface area contributed by atoms with Gasteiger partial charge >= 0.3 is 0 Å². The number of hydrogen-bond donors (Lipinski definition) is 1. The van der Waals surface area contributed by atoms with Crippen molar-refractivity contribution in [3.63, 3.8) is 0 Å². The quantitative estimate of drug-likeness (QED) is 0.706. The number of rotatable bonds is 4. The Balaban J connectivity index is 2.40. The van der Waals surface area contributed by atoms with Crippen LogP contribution in [0.3, 0.4) is 0 Å². The molecule has 0 aromatic carbocycles. The molecule has 3 unspecified atom stereocenters. The van der Waals surface area contributed by atoms with Crippen molar-refractivity contribution in [2.45, 2.75) is 58.4 Å². The molecule has 0 radical (unpaired) electrons. The topological polar surface area (TPSA) is 12.0 Å². The van der Waals surface area contributed by atoms with Gasteiger partial charge in [-0.15, -0.1) is 0 Å². The van der Waals surface area contributed by atoms with E-state index < -0.39 is 0 Å². The molecule has 1 aliphatic carbocycles. The smallest absolute Gasteiger partial charge is 0.00898 e. The lowest BCUT2D eigenvalue weighted by Crippen LogP contribution is -2.35. The zero-order valence-corrected chi connectivity index (χ0v) is 9.47. The first-order valence-electron chi connectivity index (χ1n) is 5.99. The van der Waals surface area contributed by atoms with Gasteiger partial charge in [0, 0.05) is 6.04 Å². The van der Waals surface area contributed by atoms with Crippen LogP contribution in [0, 0.1) is 11.8 Å². The maximum absolute atomic E-state index is 3.47. The zero-order chi connectivity index (χ0) is 9.68. The molecule has 0 aromatic rings. The van der Waals surface area contributed by atoms with Gasteiger partial charge in [0.05, 0.1) is 0 Å². The summed E-state index contributed by atoms with van der Waals surface area (Å²) in [6.07, 6.45) is 8.54. The zero-order valence-electron chi connectivity index (χ0n) is 9.47. The minimum atomic E-state index is 0.773. The molecule has 0 heterocycles. The predicted octanol–water partition coefficient (Wildman–Crippen LogP) is 3.20. The van der Waals surface area contributed by atoms with Crippen LogP contribution in [0.4, 0.5) is 0 Å². The van der Waals surface area contributed by atoms with Crippen LogP contribution in [0.1, 0.15) is 52.4 Å². The van der Waals surface area contributed by atoms with Crippen LogP contribution < -0.4 is 5.32 Å². The van der Waals surface area contributed by atoms with E-state index in [9.17, 15) is 0 Å². The van der Waals surface area contributed by atoms with Crippen molar-refractivity contribution in [3.8, 4) is 0 Å². The second-order valence-electron chi connectivity index (χ2n) is 4.50. The van der Waals surface area contributed by atoms with Gasteiger partial charge in [-0.25, -0.2) is 0 Å². The summed E-state index contributed by atoms with van der Waals surface area (Å²) in [5.41, 5.74) is 0. The summed E-state index contributed by atoms with van der Waals surface area (Å²) in [6.45, 7) is 4.64. The highest BCUT2D eigenvalue weighted by atomic mass is 14.9. The van der Waals surface area contributed by atoms with E-state index in [0.29, 0.717) is 0 Å². The van der Waals surface area contributed by atoms with Crippen LogP contribution >= 0.6 is 0 Å². The lowest BCUT2D eigenvalue weighted by Gasteiger charge is -2.33. The normalized spacial score (nSPS) is 31.6. The van der Waals surface area contributed by atoms with Crippen molar-refractivity contribution >= 4 is 0 Å². The summed E-state index contributed by atoms with van der Waals surface area (Å²) in [4.78, 5) is 0. The highest BCUT2D eigenvalue weighted by molar-refractivity contribution is 4.80. The molecule has 0 aliphatic heterocycles. The molecule has 3 atom stereocenters. The van der Waals surface area contributed by atoms with Crippen LogP contribution in [0.2, 0.25) is 0 Å². The maximum atomic E-state index is 3.47. The molecule has 0 amide bonds. The first-order valence-corrected chi connectivity index (χ1v) is 5.99. The van der Waals surface area contributed by atoms with Gasteiger partial charge in [-0.1, -0.05) is 33.1 Å². The van der Waals surface area contributed by atoms with Crippen molar-refractivity contribution in [1.82, 2.24) is 5.32 Å². The van der Waals surface area contributed by atoms with Crippen LogP contribution in [-0.2, 0) is 0 Å². The van der Waals surface area contributed by atoms with Gasteiger partial charge in [0.15, 0.2) is 0 Å². The third-order valence-electron chi connectivity index (χ3n) is 3.78.